The minimum absolute atomic E-state index is 0.0417. The summed E-state index contributed by atoms with van der Waals surface area (Å²) in [6.07, 6.45) is 2.39. The van der Waals surface area contributed by atoms with Crippen LogP contribution in [0, 0.1) is 0 Å². The van der Waals surface area contributed by atoms with E-state index < -0.39 is 0 Å². The smallest absolute Gasteiger partial charge is 0.250 e. The molecule has 9 nitrogen and oxygen atoms in total. The second-order valence-electron chi connectivity index (χ2n) is 2.60. The van der Waals surface area contributed by atoms with Crippen molar-refractivity contribution in [3.8, 4) is 0 Å². The van der Waals surface area contributed by atoms with Crippen molar-refractivity contribution in [2.75, 3.05) is 17.2 Å². The van der Waals surface area contributed by atoms with Crippen LogP contribution in [0.25, 0.3) is 0 Å². The largest absolute Gasteiger partial charge is 0.368 e. The number of nitrogens with zero attached hydrogens (tertiary/aromatic N) is 3. The van der Waals surface area contributed by atoms with Gasteiger partial charge in [0, 0.05) is 12.2 Å². The molecule has 0 aromatic carbocycles. The topological polar surface area (TPSA) is 163 Å². The summed E-state index contributed by atoms with van der Waals surface area (Å²) in [6, 6.07) is 0. The Labute approximate surface area is 89.8 Å². The fourth-order valence-electron chi connectivity index (χ4n) is 0.783. The molecule has 0 radical (unpaired) electrons. The average molecular weight is 223 g/mol. The Hall–Kier alpha value is -2.71. The standard InChI is InChI=1S/C4H3NO2.C3H6N6/c6-3-1-2-4(7)5-3;4-1-7-2(5)9-3(6)8-1/h1-2H,(H,5,6,7);(H6,4,5,6,7,8,9). The van der Waals surface area contributed by atoms with Crippen molar-refractivity contribution >= 4 is 29.7 Å². The zero-order valence-corrected chi connectivity index (χ0v) is 8.04. The quantitative estimate of drug-likeness (QED) is 0.360. The molecule has 1 aliphatic heterocycles. The maximum absolute atomic E-state index is 10.0. The summed E-state index contributed by atoms with van der Waals surface area (Å²) in [5.74, 6) is -0.532. The summed E-state index contributed by atoms with van der Waals surface area (Å²) in [5, 5.41) is 2.03. The number of carbonyl (C=O) groups is 2. The Morgan fingerprint density at radius 2 is 1.12 bits per heavy atom. The first-order valence-electron chi connectivity index (χ1n) is 4.03. The fourth-order valence-corrected chi connectivity index (χ4v) is 0.783. The number of hydrogen-bond donors (Lipinski definition) is 4. The van der Waals surface area contributed by atoms with Crippen molar-refractivity contribution in [3.63, 3.8) is 0 Å². The zero-order chi connectivity index (χ0) is 12.1. The number of rotatable bonds is 0. The van der Waals surface area contributed by atoms with E-state index in [9.17, 15) is 9.59 Å². The van der Waals surface area contributed by atoms with E-state index in [-0.39, 0.29) is 29.7 Å². The molecule has 9 heteroatoms. The fraction of sp³-hybridized carbons (Fsp3) is 0. The average Bonchev–Trinajstić information content (AvgIpc) is 2.48. The van der Waals surface area contributed by atoms with Crippen LogP contribution < -0.4 is 22.5 Å². The lowest BCUT2D eigenvalue weighted by Gasteiger charge is -1.93. The number of nitrogens with two attached hydrogens (primary N) is 3. The number of amides is 2. The molecule has 2 rings (SSSR count). The number of hydrogen-bond acceptors (Lipinski definition) is 8. The van der Waals surface area contributed by atoms with E-state index in [0.717, 1.165) is 0 Å². The van der Waals surface area contributed by atoms with Crippen molar-refractivity contribution in [3.05, 3.63) is 12.2 Å². The Kier molecular flexibility index (Phi) is 3.33. The summed E-state index contributed by atoms with van der Waals surface area (Å²) < 4.78 is 0. The lowest BCUT2D eigenvalue weighted by atomic mass is 10.6. The number of anilines is 3. The van der Waals surface area contributed by atoms with Crippen LogP contribution in [0.2, 0.25) is 0 Å². The highest BCUT2D eigenvalue weighted by Gasteiger charge is 2.06. The van der Waals surface area contributed by atoms with Gasteiger partial charge in [-0.2, -0.15) is 15.0 Å². The first-order chi connectivity index (χ1) is 7.47. The van der Waals surface area contributed by atoms with Crippen LogP contribution >= 0.6 is 0 Å². The molecule has 7 N–H and O–H groups in total. The van der Waals surface area contributed by atoms with Gasteiger partial charge in [-0.1, -0.05) is 0 Å². The first-order valence-corrected chi connectivity index (χ1v) is 4.03. The maximum Gasteiger partial charge on any atom is 0.250 e. The number of aromatic nitrogens is 3. The molecule has 0 aliphatic carbocycles. The normalized spacial score (nSPS) is 13.0. The SMILES string of the molecule is Nc1nc(N)nc(N)n1.O=C1C=CC(=O)N1. The van der Waals surface area contributed by atoms with Gasteiger partial charge in [-0.15, -0.1) is 0 Å². The monoisotopic (exact) mass is 223 g/mol. The maximum atomic E-state index is 10.0. The first kappa shape index (κ1) is 11.4. The van der Waals surface area contributed by atoms with Crippen molar-refractivity contribution in [2.45, 2.75) is 0 Å². The summed E-state index contributed by atoms with van der Waals surface area (Å²) in [5.41, 5.74) is 15.4. The van der Waals surface area contributed by atoms with E-state index in [1.165, 1.54) is 12.2 Å². The van der Waals surface area contributed by atoms with Gasteiger partial charge in [-0.25, -0.2) is 0 Å². The van der Waals surface area contributed by atoms with E-state index in [1.807, 2.05) is 5.32 Å². The van der Waals surface area contributed by atoms with Crippen LogP contribution in [0.3, 0.4) is 0 Å². The van der Waals surface area contributed by atoms with Gasteiger partial charge in [-0.3, -0.25) is 14.9 Å². The third kappa shape index (κ3) is 3.57. The van der Waals surface area contributed by atoms with Crippen molar-refractivity contribution < 1.29 is 9.59 Å². The number of nitrogen functional groups attached to an aromatic ring is 3. The summed E-state index contributed by atoms with van der Waals surface area (Å²) in [7, 11) is 0. The molecule has 2 amide bonds. The number of carbonyl (C=O) groups excluding carboxylic acids is 2. The summed E-state index contributed by atoms with van der Waals surface area (Å²) in [4.78, 5) is 30.5. The highest BCUT2D eigenvalue weighted by Crippen LogP contribution is 1.97. The molecular weight excluding hydrogens is 214 g/mol. The Morgan fingerprint density at radius 1 is 0.812 bits per heavy atom. The predicted molar refractivity (Wildman–Crippen MR) is 55.4 cm³/mol. The van der Waals surface area contributed by atoms with Gasteiger partial charge in [-0.05, 0) is 0 Å². The molecule has 0 saturated carbocycles. The van der Waals surface area contributed by atoms with Gasteiger partial charge in [0.25, 0.3) is 11.8 Å². The molecule has 0 bridgehead atoms. The van der Waals surface area contributed by atoms with Crippen LogP contribution in [-0.2, 0) is 9.59 Å². The van der Waals surface area contributed by atoms with Gasteiger partial charge >= 0.3 is 0 Å². The lowest BCUT2D eigenvalue weighted by molar-refractivity contribution is -0.123. The van der Waals surface area contributed by atoms with Gasteiger partial charge in [0.15, 0.2) is 0 Å². The third-order valence-electron chi connectivity index (χ3n) is 1.32. The molecule has 1 aliphatic rings. The van der Waals surface area contributed by atoms with Crippen LogP contribution in [0.1, 0.15) is 0 Å². The minimum atomic E-state index is -0.329. The van der Waals surface area contributed by atoms with Crippen LogP contribution in [0.15, 0.2) is 12.2 Å². The van der Waals surface area contributed by atoms with Crippen molar-refractivity contribution in [2.24, 2.45) is 0 Å². The predicted octanol–water partition coefficient (Wildman–Crippen LogP) is -2.18. The van der Waals surface area contributed by atoms with Gasteiger partial charge in [0.1, 0.15) is 0 Å². The molecule has 1 aromatic rings. The highest BCUT2D eigenvalue weighted by molar-refractivity contribution is 6.12. The van der Waals surface area contributed by atoms with E-state index in [4.69, 9.17) is 17.2 Å². The molecule has 0 atom stereocenters. The van der Waals surface area contributed by atoms with Crippen LogP contribution in [0.4, 0.5) is 17.8 Å². The lowest BCUT2D eigenvalue weighted by Crippen LogP contribution is -2.19. The molecule has 1 aromatic heterocycles. The van der Waals surface area contributed by atoms with Gasteiger partial charge in [0.2, 0.25) is 17.8 Å². The molecule has 0 spiro atoms. The highest BCUT2D eigenvalue weighted by atomic mass is 16.2. The van der Waals surface area contributed by atoms with E-state index in [0.29, 0.717) is 0 Å². The summed E-state index contributed by atoms with van der Waals surface area (Å²) in [6.45, 7) is 0. The van der Waals surface area contributed by atoms with Crippen LogP contribution in [-0.4, -0.2) is 26.8 Å². The Morgan fingerprint density at radius 3 is 1.31 bits per heavy atom. The summed E-state index contributed by atoms with van der Waals surface area (Å²) >= 11 is 0. The van der Waals surface area contributed by atoms with E-state index in [1.54, 1.807) is 0 Å². The minimum Gasteiger partial charge on any atom is -0.368 e. The Balaban J connectivity index is 0.000000165. The zero-order valence-electron chi connectivity index (χ0n) is 8.04. The molecule has 16 heavy (non-hydrogen) atoms. The third-order valence-corrected chi connectivity index (χ3v) is 1.32. The van der Waals surface area contributed by atoms with Crippen molar-refractivity contribution in [1.29, 1.82) is 0 Å². The van der Waals surface area contributed by atoms with Gasteiger partial charge < -0.3 is 17.2 Å². The number of nitrogens with one attached hydrogen (secondary N) is 1. The number of imide groups is 1. The second kappa shape index (κ2) is 4.68. The van der Waals surface area contributed by atoms with E-state index >= 15 is 0 Å². The molecule has 0 saturated heterocycles. The Bertz CT molecular complexity index is 390. The van der Waals surface area contributed by atoms with Gasteiger partial charge in [0.05, 0.1) is 0 Å². The molecular formula is C7H9N7O2. The second-order valence-corrected chi connectivity index (χ2v) is 2.60. The molecule has 0 unspecified atom stereocenters. The van der Waals surface area contributed by atoms with Crippen LogP contribution in [0.5, 0.6) is 0 Å². The van der Waals surface area contributed by atoms with Crippen molar-refractivity contribution in [1.82, 2.24) is 20.3 Å². The molecule has 84 valence electrons. The molecule has 0 fully saturated rings. The molecule has 2 heterocycles. The van der Waals surface area contributed by atoms with E-state index in [2.05, 4.69) is 15.0 Å².